The number of aromatic nitrogens is 1. The molecule has 3 N–H and O–H groups in total. The summed E-state index contributed by atoms with van der Waals surface area (Å²) in [5.74, 6) is 0.758. The number of unbranched alkanes of at least 4 members (excludes halogenated alkanes) is 2. The Morgan fingerprint density at radius 1 is 1.20 bits per heavy atom. The van der Waals surface area contributed by atoms with Gasteiger partial charge in [0, 0.05) is 32.0 Å². The van der Waals surface area contributed by atoms with Gasteiger partial charge in [-0.1, -0.05) is 40.0 Å². The number of hydrogen-bond acceptors (Lipinski definition) is 3. The highest BCUT2D eigenvalue weighted by Gasteiger charge is 2.17. The lowest BCUT2D eigenvalue weighted by molar-refractivity contribution is 0.180. The van der Waals surface area contributed by atoms with Gasteiger partial charge in [0.25, 0.3) is 0 Å². The molecule has 1 aromatic rings. The summed E-state index contributed by atoms with van der Waals surface area (Å²) in [4.78, 5) is 8.67. The average molecular weight is 462 g/mol. The first kappa shape index (κ1) is 24.1. The van der Waals surface area contributed by atoms with E-state index in [0.29, 0.717) is 6.54 Å². The Bertz CT molecular complexity index is 480. The Labute approximate surface area is 170 Å². The van der Waals surface area contributed by atoms with Crippen LogP contribution in [0.15, 0.2) is 29.5 Å². The summed E-state index contributed by atoms with van der Waals surface area (Å²) in [7, 11) is 0. The normalized spacial score (nSPS) is 13.1. The van der Waals surface area contributed by atoms with E-state index in [-0.39, 0.29) is 29.4 Å². The third-order valence-electron chi connectivity index (χ3n) is 4.02. The van der Waals surface area contributed by atoms with Crippen LogP contribution in [-0.4, -0.2) is 35.7 Å². The van der Waals surface area contributed by atoms with Gasteiger partial charge in [0.2, 0.25) is 0 Å². The van der Waals surface area contributed by atoms with E-state index in [1.165, 1.54) is 25.7 Å². The number of guanidine groups is 1. The number of nitrogens with zero attached hydrogens (tertiary/aromatic N) is 2. The molecular formula is C19H35IN4O. The predicted molar refractivity (Wildman–Crippen MR) is 117 cm³/mol. The maximum absolute atomic E-state index is 10.2. The first-order valence-electron chi connectivity index (χ1n) is 9.08. The molecule has 0 amide bonds. The zero-order valence-corrected chi connectivity index (χ0v) is 18.4. The maximum Gasteiger partial charge on any atom is 0.191 e. The van der Waals surface area contributed by atoms with Gasteiger partial charge < -0.3 is 15.7 Å². The molecule has 0 aliphatic carbocycles. The highest BCUT2D eigenvalue weighted by molar-refractivity contribution is 14.0. The Balaban J connectivity index is 0.00000576. The first-order valence-corrected chi connectivity index (χ1v) is 9.08. The maximum atomic E-state index is 10.2. The minimum absolute atomic E-state index is 0. The van der Waals surface area contributed by atoms with Crippen LogP contribution in [0.5, 0.6) is 0 Å². The van der Waals surface area contributed by atoms with E-state index in [4.69, 9.17) is 4.99 Å². The fourth-order valence-electron chi connectivity index (χ4n) is 2.46. The Hall–Kier alpha value is -0.890. The summed E-state index contributed by atoms with van der Waals surface area (Å²) in [6.45, 7) is 10.8. The highest BCUT2D eigenvalue weighted by atomic mass is 127. The second-order valence-corrected chi connectivity index (χ2v) is 6.99. The molecule has 1 unspecified atom stereocenters. The molecule has 0 aromatic carbocycles. The molecule has 6 heteroatoms. The third-order valence-corrected chi connectivity index (χ3v) is 4.02. The zero-order valence-electron chi connectivity index (χ0n) is 16.1. The third kappa shape index (κ3) is 10.6. The highest BCUT2D eigenvalue weighted by Crippen LogP contribution is 2.24. The van der Waals surface area contributed by atoms with Gasteiger partial charge in [-0.3, -0.25) is 9.98 Å². The minimum Gasteiger partial charge on any atom is -0.387 e. The molecule has 0 fully saturated rings. The van der Waals surface area contributed by atoms with E-state index < -0.39 is 6.10 Å². The van der Waals surface area contributed by atoms with Crippen molar-refractivity contribution in [3.8, 4) is 0 Å². The topological polar surface area (TPSA) is 69.5 Å². The molecule has 0 spiro atoms. The van der Waals surface area contributed by atoms with Gasteiger partial charge in [-0.2, -0.15) is 0 Å². The zero-order chi connectivity index (χ0) is 17.8. The van der Waals surface area contributed by atoms with Gasteiger partial charge in [-0.15, -0.1) is 24.0 Å². The summed E-state index contributed by atoms with van der Waals surface area (Å²) >= 11 is 0. The molecule has 0 radical (unpaired) electrons. The van der Waals surface area contributed by atoms with Crippen LogP contribution in [0.1, 0.15) is 65.0 Å². The molecule has 5 nitrogen and oxygen atoms in total. The van der Waals surface area contributed by atoms with Crippen molar-refractivity contribution in [1.82, 2.24) is 15.6 Å². The molecule has 0 saturated carbocycles. The van der Waals surface area contributed by atoms with Crippen molar-refractivity contribution >= 4 is 29.9 Å². The first-order chi connectivity index (χ1) is 11.5. The average Bonchev–Trinajstić information content (AvgIpc) is 2.58. The molecule has 1 atom stereocenters. The van der Waals surface area contributed by atoms with Gasteiger partial charge >= 0.3 is 0 Å². The van der Waals surface area contributed by atoms with Gasteiger partial charge in [0.15, 0.2) is 5.96 Å². The predicted octanol–water partition coefficient (Wildman–Crippen LogP) is 3.89. The number of aliphatic hydroxyl groups excluding tert-OH is 1. The largest absolute Gasteiger partial charge is 0.387 e. The molecule has 0 bridgehead atoms. The molecule has 1 aromatic heterocycles. The molecule has 144 valence electrons. The van der Waals surface area contributed by atoms with Crippen molar-refractivity contribution in [2.75, 3.05) is 19.6 Å². The Kier molecular flexibility index (Phi) is 12.9. The number of pyridine rings is 1. The van der Waals surface area contributed by atoms with E-state index in [9.17, 15) is 5.11 Å². The Morgan fingerprint density at radius 3 is 2.48 bits per heavy atom. The molecule has 0 saturated heterocycles. The number of nitrogens with one attached hydrogen (secondary N) is 2. The number of hydrogen-bond donors (Lipinski definition) is 3. The standard InChI is InChI=1S/C19H34N4O.HI/c1-5-7-8-11-19(3,4)15-23-18(21-6-2)22-14-17(24)16-9-12-20-13-10-16;/h9-10,12-13,17,24H,5-8,11,14-15H2,1-4H3,(H2,21,22,23);1H. The smallest absolute Gasteiger partial charge is 0.191 e. The van der Waals surface area contributed by atoms with Crippen molar-refractivity contribution in [2.24, 2.45) is 10.4 Å². The fourth-order valence-corrected chi connectivity index (χ4v) is 2.46. The lowest BCUT2D eigenvalue weighted by Crippen LogP contribution is -2.40. The van der Waals surface area contributed by atoms with Gasteiger partial charge in [0.1, 0.15) is 0 Å². The van der Waals surface area contributed by atoms with Gasteiger partial charge in [-0.25, -0.2) is 0 Å². The fraction of sp³-hybridized carbons (Fsp3) is 0.684. The van der Waals surface area contributed by atoms with Crippen LogP contribution in [0.3, 0.4) is 0 Å². The van der Waals surface area contributed by atoms with Crippen molar-refractivity contribution in [3.63, 3.8) is 0 Å². The number of halogens is 1. The van der Waals surface area contributed by atoms with Crippen molar-refractivity contribution in [2.45, 2.75) is 59.5 Å². The second kappa shape index (κ2) is 13.3. The van der Waals surface area contributed by atoms with Crippen molar-refractivity contribution in [1.29, 1.82) is 0 Å². The van der Waals surface area contributed by atoms with Crippen LogP contribution in [-0.2, 0) is 0 Å². The van der Waals surface area contributed by atoms with E-state index in [1.54, 1.807) is 12.4 Å². The number of aliphatic imine (C=N–C) groups is 1. The van der Waals surface area contributed by atoms with Crippen LogP contribution in [0.4, 0.5) is 0 Å². The lowest BCUT2D eigenvalue weighted by atomic mass is 9.87. The van der Waals surface area contributed by atoms with E-state index >= 15 is 0 Å². The lowest BCUT2D eigenvalue weighted by Gasteiger charge is -2.23. The quantitative estimate of drug-likeness (QED) is 0.214. The summed E-state index contributed by atoms with van der Waals surface area (Å²) in [5.41, 5.74) is 1.05. The number of rotatable bonds is 10. The van der Waals surface area contributed by atoms with Crippen LogP contribution >= 0.6 is 24.0 Å². The van der Waals surface area contributed by atoms with Crippen LogP contribution in [0.25, 0.3) is 0 Å². The van der Waals surface area contributed by atoms with E-state index in [2.05, 4.69) is 36.4 Å². The van der Waals surface area contributed by atoms with Crippen molar-refractivity contribution in [3.05, 3.63) is 30.1 Å². The van der Waals surface area contributed by atoms with Crippen molar-refractivity contribution < 1.29 is 5.11 Å². The summed E-state index contributed by atoms with van der Waals surface area (Å²) in [5, 5.41) is 16.7. The SMILES string of the molecule is CCCCCC(C)(C)CN=C(NCC)NCC(O)c1ccncc1.I. The molecular weight excluding hydrogens is 427 g/mol. The molecule has 0 aliphatic rings. The van der Waals surface area contributed by atoms with Crippen LogP contribution in [0.2, 0.25) is 0 Å². The Morgan fingerprint density at radius 2 is 1.88 bits per heavy atom. The molecule has 0 aliphatic heterocycles. The minimum atomic E-state index is -0.575. The number of aliphatic hydroxyl groups is 1. The summed E-state index contributed by atoms with van der Waals surface area (Å²) < 4.78 is 0. The van der Waals surface area contributed by atoms with Crippen LogP contribution in [0, 0.1) is 5.41 Å². The van der Waals surface area contributed by atoms with Gasteiger partial charge in [0.05, 0.1) is 6.10 Å². The molecule has 25 heavy (non-hydrogen) atoms. The summed E-state index contributed by atoms with van der Waals surface area (Å²) in [6, 6.07) is 3.65. The van der Waals surface area contributed by atoms with E-state index in [1.807, 2.05) is 19.1 Å². The van der Waals surface area contributed by atoms with Gasteiger partial charge in [-0.05, 0) is 36.5 Å². The van der Waals surface area contributed by atoms with E-state index in [0.717, 1.165) is 24.6 Å². The molecule has 1 rings (SSSR count). The monoisotopic (exact) mass is 462 g/mol. The summed E-state index contributed by atoms with van der Waals surface area (Å²) in [6.07, 6.45) is 7.77. The second-order valence-electron chi connectivity index (χ2n) is 6.99. The molecule has 1 heterocycles. The van der Waals surface area contributed by atoms with Crippen LogP contribution < -0.4 is 10.6 Å².